The number of rotatable bonds is 6. The van der Waals surface area contributed by atoms with Crippen molar-refractivity contribution in [1.29, 1.82) is 15.8 Å². The average molecular weight is 924 g/mol. The number of benzene rings is 9. The Morgan fingerprint density at radius 3 is 1.43 bits per heavy atom. The van der Waals surface area contributed by atoms with Gasteiger partial charge >= 0.3 is 12.4 Å². The summed E-state index contributed by atoms with van der Waals surface area (Å²) in [5.74, 6) is 0. The predicted molar refractivity (Wildman–Crippen MR) is 261 cm³/mol. The van der Waals surface area contributed by atoms with Gasteiger partial charge in [-0.25, -0.2) is 0 Å². The van der Waals surface area contributed by atoms with Crippen molar-refractivity contribution in [1.82, 2.24) is 9.13 Å². The molecule has 0 spiro atoms. The number of para-hydroxylation sites is 2. The van der Waals surface area contributed by atoms with E-state index in [1.165, 1.54) is 6.07 Å². The number of aromatic nitrogens is 2. The highest BCUT2D eigenvalue weighted by atomic mass is 19.4. The number of alkyl halides is 6. The van der Waals surface area contributed by atoms with Crippen molar-refractivity contribution in [3.63, 3.8) is 0 Å². The van der Waals surface area contributed by atoms with Crippen LogP contribution in [0.4, 0.5) is 26.3 Å². The molecule has 0 aliphatic rings. The topological polar surface area (TPSA) is 81.2 Å². The van der Waals surface area contributed by atoms with E-state index in [4.69, 9.17) is 0 Å². The average Bonchev–Trinajstić information content (AvgIpc) is 3.89. The maximum absolute atomic E-state index is 15.2. The molecule has 0 radical (unpaired) electrons. The van der Waals surface area contributed by atoms with Gasteiger partial charge in [0.05, 0.1) is 73.8 Å². The summed E-state index contributed by atoms with van der Waals surface area (Å²) < 4.78 is 92.0. The van der Waals surface area contributed by atoms with Crippen molar-refractivity contribution >= 4 is 43.6 Å². The van der Waals surface area contributed by atoms with Crippen LogP contribution in [0.25, 0.3) is 99.5 Å². The molecule has 334 valence electrons. The molecule has 0 aliphatic carbocycles. The molecule has 0 fully saturated rings. The largest absolute Gasteiger partial charge is 0.417 e. The van der Waals surface area contributed by atoms with E-state index < -0.39 is 29.0 Å². The number of nitriles is 3. The highest BCUT2D eigenvalue weighted by Gasteiger charge is 2.39. The molecule has 0 saturated heterocycles. The van der Waals surface area contributed by atoms with Crippen molar-refractivity contribution in [2.45, 2.75) is 12.4 Å². The molecule has 11 aromatic rings. The van der Waals surface area contributed by atoms with Crippen LogP contribution in [0.15, 0.2) is 188 Å². The van der Waals surface area contributed by atoms with E-state index >= 15 is 13.2 Å². The first-order valence-electron chi connectivity index (χ1n) is 21.9. The lowest BCUT2D eigenvalue weighted by atomic mass is 9.88. The minimum absolute atomic E-state index is 0.0120. The second-order valence-corrected chi connectivity index (χ2v) is 16.9. The quantitative estimate of drug-likeness (QED) is 0.156. The molecule has 2 aromatic heterocycles. The lowest BCUT2D eigenvalue weighted by molar-refractivity contribution is -0.142. The molecule has 0 N–H and O–H groups in total. The van der Waals surface area contributed by atoms with E-state index in [9.17, 15) is 29.0 Å². The Labute approximate surface area is 395 Å². The van der Waals surface area contributed by atoms with E-state index in [1.807, 2.05) is 118 Å². The molecule has 0 bridgehead atoms. The Morgan fingerprint density at radius 2 is 0.857 bits per heavy atom. The molecule has 0 atom stereocenters. The van der Waals surface area contributed by atoms with Crippen LogP contribution in [0, 0.1) is 34.0 Å². The van der Waals surface area contributed by atoms with E-state index in [0.29, 0.717) is 34.1 Å². The first-order chi connectivity index (χ1) is 33.8. The maximum atomic E-state index is 15.2. The lowest BCUT2D eigenvalue weighted by Crippen LogP contribution is -2.12. The molecule has 5 nitrogen and oxygen atoms in total. The Bertz CT molecular complexity index is 4100. The normalized spacial score (nSPS) is 11.8. The summed E-state index contributed by atoms with van der Waals surface area (Å²) in [6, 6.07) is 59.7. The summed E-state index contributed by atoms with van der Waals surface area (Å²) in [6.45, 7) is 0. The smallest absolute Gasteiger partial charge is 0.309 e. The van der Waals surface area contributed by atoms with Gasteiger partial charge in [0.25, 0.3) is 0 Å². The van der Waals surface area contributed by atoms with E-state index in [2.05, 4.69) is 18.2 Å². The number of halogens is 6. The number of hydrogen-bond donors (Lipinski definition) is 0. The van der Waals surface area contributed by atoms with Gasteiger partial charge in [0.2, 0.25) is 0 Å². The zero-order valence-corrected chi connectivity index (χ0v) is 36.4. The molecule has 2 heterocycles. The lowest BCUT2D eigenvalue weighted by Gasteiger charge is -2.22. The molecular formula is C59H31F6N5. The molecule has 70 heavy (non-hydrogen) atoms. The van der Waals surface area contributed by atoms with E-state index in [-0.39, 0.29) is 22.8 Å². The van der Waals surface area contributed by atoms with Crippen LogP contribution in [0.2, 0.25) is 0 Å². The monoisotopic (exact) mass is 923 g/mol. The van der Waals surface area contributed by atoms with E-state index in [0.717, 1.165) is 71.9 Å². The minimum atomic E-state index is -5.20. The van der Waals surface area contributed by atoms with Crippen molar-refractivity contribution in [2.75, 3.05) is 0 Å². The van der Waals surface area contributed by atoms with Crippen molar-refractivity contribution in [3.05, 3.63) is 216 Å². The van der Waals surface area contributed by atoms with Crippen LogP contribution in [0.1, 0.15) is 27.8 Å². The summed E-state index contributed by atoms with van der Waals surface area (Å²) in [4.78, 5) is 0. The highest BCUT2D eigenvalue weighted by molar-refractivity contribution is 6.12. The van der Waals surface area contributed by atoms with Gasteiger partial charge in [0.1, 0.15) is 0 Å². The standard InChI is InChI=1S/C59H31F6N5/c60-58(61,62)42-18-20-45(52(30-42)59(63,64)65)44-21-19-43(69-53-13-3-1-11-46(53)50-28-40(16-23-55(50)69)38-9-5-7-35(25-38)32-66)31-48(44)49-27-37(34-68)15-22-56(49)70-54-14-4-2-12-47(54)51-29-41(17-24-57(51)70)39-10-6-8-36(26-39)33-67/h1-31H. The van der Waals surface area contributed by atoms with Crippen LogP contribution < -0.4 is 0 Å². The molecule has 0 saturated carbocycles. The van der Waals surface area contributed by atoms with Crippen molar-refractivity contribution in [2.24, 2.45) is 0 Å². The van der Waals surface area contributed by atoms with Gasteiger partial charge in [-0.3, -0.25) is 0 Å². The molecule has 0 unspecified atom stereocenters. The number of nitrogens with zero attached hydrogens (tertiary/aromatic N) is 5. The number of hydrogen-bond acceptors (Lipinski definition) is 3. The van der Waals surface area contributed by atoms with Crippen LogP contribution in [0.3, 0.4) is 0 Å². The zero-order chi connectivity index (χ0) is 48.5. The molecule has 11 heteroatoms. The van der Waals surface area contributed by atoms with Crippen molar-refractivity contribution in [3.8, 4) is 74.1 Å². The second kappa shape index (κ2) is 16.4. The van der Waals surface area contributed by atoms with Gasteiger partial charge in [-0.15, -0.1) is 0 Å². The Morgan fingerprint density at radius 1 is 0.343 bits per heavy atom. The summed E-state index contributed by atoms with van der Waals surface area (Å²) >= 11 is 0. The Balaban J connectivity index is 1.21. The summed E-state index contributed by atoms with van der Waals surface area (Å²) in [6.07, 6.45) is -10.2. The molecule has 0 aliphatic heterocycles. The van der Waals surface area contributed by atoms with E-state index in [1.54, 1.807) is 54.6 Å². The van der Waals surface area contributed by atoms with Gasteiger partial charge in [-0.05, 0) is 142 Å². The Kier molecular flexibility index (Phi) is 10.2. The summed E-state index contributed by atoms with van der Waals surface area (Å²) in [7, 11) is 0. The molecule has 0 amide bonds. The van der Waals surface area contributed by atoms with Gasteiger partial charge in [-0.2, -0.15) is 42.1 Å². The third kappa shape index (κ3) is 7.27. The number of fused-ring (bicyclic) bond motifs is 6. The minimum Gasteiger partial charge on any atom is -0.309 e. The second-order valence-electron chi connectivity index (χ2n) is 16.9. The molecule has 9 aromatic carbocycles. The predicted octanol–water partition coefficient (Wildman–Crippen LogP) is 16.2. The van der Waals surface area contributed by atoms with Crippen LogP contribution in [-0.2, 0) is 12.4 Å². The summed E-state index contributed by atoms with van der Waals surface area (Å²) in [5, 5.41) is 33.1. The van der Waals surface area contributed by atoms with Crippen LogP contribution >= 0.6 is 0 Å². The van der Waals surface area contributed by atoms with Gasteiger partial charge in [0.15, 0.2) is 0 Å². The van der Waals surface area contributed by atoms with Crippen molar-refractivity contribution < 1.29 is 26.3 Å². The third-order valence-corrected chi connectivity index (χ3v) is 12.9. The summed E-state index contributed by atoms with van der Waals surface area (Å²) in [5.41, 5.74) is 5.76. The zero-order valence-electron chi connectivity index (χ0n) is 36.4. The highest BCUT2D eigenvalue weighted by Crippen LogP contribution is 2.47. The SMILES string of the molecule is N#Cc1cccc(-c2ccc3c(c2)c2ccccc2n3-c2ccc(-c3ccc(C(F)(F)F)cc3C(F)(F)F)c(-c3cc(C#N)ccc3-n3c4ccccc4c4cc(-c5cccc(C#N)c5)ccc43)c2)c1. The fourth-order valence-corrected chi connectivity index (χ4v) is 9.71. The van der Waals surface area contributed by atoms with Gasteiger partial charge in [-0.1, -0.05) is 84.9 Å². The Hall–Kier alpha value is -9.37. The maximum Gasteiger partial charge on any atom is 0.417 e. The van der Waals surface area contributed by atoms with Gasteiger partial charge in [0, 0.05) is 32.8 Å². The third-order valence-electron chi connectivity index (χ3n) is 12.9. The fourth-order valence-electron chi connectivity index (χ4n) is 9.71. The van der Waals surface area contributed by atoms with Crippen LogP contribution in [0.5, 0.6) is 0 Å². The van der Waals surface area contributed by atoms with Gasteiger partial charge < -0.3 is 9.13 Å². The fraction of sp³-hybridized carbons (Fsp3) is 0.0339. The first kappa shape index (κ1) is 43.2. The van der Waals surface area contributed by atoms with Crippen LogP contribution in [-0.4, -0.2) is 9.13 Å². The molecular weight excluding hydrogens is 893 g/mol. The molecule has 11 rings (SSSR count). The first-order valence-corrected chi connectivity index (χ1v) is 21.9.